The number of carboxylic acids is 1. The molecular formula is C8H12NO5-. The van der Waals surface area contributed by atoms with Crippen LogP contribution in [0.15, 0.2) is 0 Å². The number of ether oxygens (including phenoxy) is 1. The SMILES string of the molecule is CC1(C)OC(=O)N(CC(=O)[O-])[C@@]1(C)O. The predicted molar refractivity (Wildman–Crippen MR) is 42.9 cm³/mol. The van der Waals surface area contributed by atoms with Crippen molar-refractivity contribution in [3.05, 3.63) is 0 Å². The molecule has 1 rings (SSSR count). The average molecular weight is 202 g/mol. The lowest BCUT2D eigenvalue weighted by Gasteiger charge is -2.34. The maximum Gasteiger partial charge on any atom is 0.413 e. The minimum absolute atomic E-state index is 0.685. The first-order chi connectivity index (χ1) is 6.18. The Hall–Kier alpha value is -1.30. The smallest absolute Gasteiger partial charge is 0.413 e. The van der Waals surface area contributed by atoms with Gasteiger partial charge in [-0.3, -0.25) is 4.90 Å². The van der Waals surface area contributed by atoms with Gasteiger partial charge in [-0.1, -0.05) is 0 Å². The van der Waals surface area contributed by atoms with Crippen LogP contribution in [0.25, 0.3) is 0 Å². The Morgan fingerprint density at radius 3 is 2.36 bits per heavy atom. The standard InChI is InChI=1S/C8H13NO5/c1-7(2)8(3,13)9(4-5(10)11)6(12)14-7/h13H,4H2,1-3H3,(H,10,11)/p-1/t8-/m0/s1. The minimum Gasteiger partial charge on any atom is -0.548 e. The summed E-state index contributed by atoms with van der Waals surface area (Å²) in [6, 6.07) is 0. The van der Waals surface area contributed by atoms with Crippen molar-refractivity contribution in [3.8, 4) is 0 Å². The fourth-order valence-corrected chi connectivity index (χ4v) is 1.22. The van der Waals surface area contributed by atoms with Crippen molar-refractivity contribution >= 4 is 12.1 Å². The molecule has 14 heavy (non-hydrogen) atoms. The van der Waals surface area contributed by atoms with E-state index >= 15 is 0 Å². The van der Waals surface area contributed by atoms with E-state index in [4.69, 9.17) is 4.74 Å². The van der Waals surface area contributed by atoms with E-state index in [9.17, 15) is 19.8 Å². The van der Waals surface area contributed by atoms with Gasteiger partial charge in [0.1, 0.15) is 0 Å². The third kappa shape index (κ3) is 1.41. The predicted octanol–water partition coefficient (Wildman–Crippen LogP) is -1.32. The molecule has 0 aliphatic carbocycles. The van der Waals surface area contributed by atoms with Gasteiger partial charge in [-0.25, -0.2) is 4.79 Å². The molecule has 0 unspecified atom stereocenters. The number of carboxylic acid groups (broad SMARTS) is 1. The Balaban J connectivity index is 2.96. The van der Waals surface area contributed by atoms with Gasteiger partial charge in [0, 0.05) is 0 Å². The maximum atomic E-state index is 11.2. The van der Waals surface area contributed by atoms with Crippen LogP contribution in [-0.2, 0) is 9.53 Å². The molecular weight excluding hydrogens is 190 g/mol. The summed E-state index contributed by atoms with van der Waals surface area (Å²) in [6.07, 6.45) is -0.857. The van der Waals surface area contributed by atoms with Crippen LogP contribution < -0.4 is 5.11 Å². The van der Waals surface area contributed by atoms with Crippen LogP contribution in [0.3, 0.4) is 0 Å². The number of rotatable bonds is 2. The van der Waals surface area contributed by atoms with Crippen molar-refractivity contribution in [1.82, 2.24) is 4.90 Å². The number of hydrogen-bond donors (Lipinski definition) is 1. The molecule has 6 heteroatoms. The molecule has 0 radical (unpaired) electrons. The molecule has 1 aliphatic heterocycles. The summed E-state index contributed by atoms with van der Waals surface area (Å²) in [5.74, 6) is -1.44. The molecule has 1 aliphatic rings. The first-order valence-corrected chi connectivity index (χ1v) is 4.11. The molecule has 1 saturated heterocycles. The third-order valence-electron chi connectivity index (χ3n) is 2.52. The fourth-order valence-electron chi connectivity index (χ4n) is 1.22. The van der Waals surface area contributed by atoms with E-state index in [0.29, 0.717) is 0 Å². The zero-order chi connectivity index (χ0) is 11.1. The van der Waals surface area contributed by atoms with Gasteiger partial charge in [0.15, 0.2) is 11.3 Å². The first-order valence-electron chi connectivity index (χ1n) is 4.11. The second kappa shape index (κ2) is 2.84. The van der Waals surface area contributed by atoms with Gasteiger partial charge >= 0.3 is 6.09 Å². The van der Waals surface area contributed by atoms with Crippen LogP contribution in [0.4, 0.5) is 4.79 Å². The highest BCUT2D eigenvalue weighted by Gasteiger charge is 2.56. The average Bonchev–Trinajstić information content (AvgIpc) is 2.09. The third-order valence-corrected chi connectivity index (χ3v) is 2.52. The number of aliphatic hydroxyl groups is 1. The van der Waals surface area contributed by atoms with Crippen molar-refractivity contribution in [2.24, 2.45) is 0 Å². The topological polar surface area (TPSA) is 89.9 Å². The molecule has 1 atom stereocenters. The Bertz CT molecular complexity index is 283. The van der Waals surface area contributed by atoms with Crippen molar-refractivity contribution < 1.29 is 24.5 Å². The first kappa shape index (κ1) is 10.8. The highest BCUT2D eigenvalue weighted by molar-refractivity contribution is 5.78. The highest BCUT2D eigenvalue weighted by atomic mass is 16.6. The van der Waals surface area contributed by atoms with Gasteiger partial charge in [0.25, 0.3) is 0 Å². The molecule has 0 aromatic rings. The minimum atomic E-state index is -1.65. The number of carbonyl (C=O) groups is 2. The molecule has 0 spiro atoms. The van der Waals surface area contributed by atoms with E-state index in [2.05, 4.69) is 0 Å². The second-order valence-corrected chi connectivity index (χ2v) is 3.86. The van der Waals surface area contributed by atoms with E-state index in [1.165, 1.54) is 20.8 Å². The monoisotopic (exact) mass is 202 g/mol. The summed E-state index contributed by atoms with van der Waals surface area (Å²) in [4.78, 5) is 22.2. The number of amides is 1. The van der Waals surface area contributed by atoms with Gasteiger partial charge in [0.2, 0.25) is 0 Å². The highest BCUT2D eigenvalue weighted by Crippen LogP contribution is 2.36. The van der Waals surface area contributed by atoms with Crippen molar-refractivity contribution in [2.45, 2.75) is 32.1 Å². The number of hydrogen-bond acceptors (Lipinski definition) is 5. The second-order valence-electron chi connectivity index (χ2n) is 3.86. The Kier molecular flexibility index (Phi) is 2.19. The van der Waals surface area contributed by atoms with E-state index < -0.39 is 29.9 Å². The molecule has 1 fully saturated rings. The Morgan fingerprint density at radius 2 is 2.07 bits per heavy atom. The number of cyclic esters (lactones) is 1. The summed E-state index contributed by atoms with van der Waals surface area (Å²) >= 11 is 0. The lowest BCUT2D eigenvalue weighted by molar-refractivity contribution is -0.307. The normalized spacial score (nSPS) is 30.3. The summed E-state index contributed by atoms with van der Waals surface area (Å²) in [6.45, 7) is 3.64. The quantitative estimate of drug-likeness (QED) is 0.599. The van der Waals surface area contributed by atoms with Crippen molar-refractivity contribution in [1.29, 1.82) is 0 Å². The summed E-state index contributed by atoms with van der Waals surface area (Å²) in [5, 5.41) is 20.2. The molecule has 1 heterocycles. The van der Waals surface area contributed by atoms with Crippen LogP contribution in [0.2, 0.25) is 0 Å². The molecule has 1 amide bonds. The summed E-state index contributed by atoms with van der Waals surface area (Å²) in [7, 11) is 0. The molecule has 0 aromatic carbocycles. The van der Waals surface area contributed by atoms with Crippen LogP contribution in [0, 0.1) is 0 Å². The van der Waals surface area contributed by atoms with Gasteiger partial charge < -0.3 is 19.7 Å². The number of nitrogens with zero attached hydrogens (tertiary/aromatic N) is 1. The van der Waals surface area contributed by atoms with Gasteiger partial charge in [-0.2, -0.15) is 0 Å². The van der Waals surface area contributed by atoms with Crippen molar-refractivity contribution in [2.75, 3.05) is 6.54 Å². The van der Waals surface area contributed by atoms with Gasteiger partial charge in [-0.15, -0.1) is 0 Å². The van der Waals surface area contributed by atoms with E-state index in [1.54, 1.807) is 0 Å². The fraction of sp³-hybridized carbons (Fsp3) is 0.750. The zero-order valence-electron chi connectivity index (χ0n) is 8.23. The van der Waals surface area contributed by atoms with Crippen LogP contribution >= 0.6 is 0 Å². The molecule has 80 valence electrons. The van der Waals surface area contributed by atoms with E-state index in [-0.39, 0.29) is 0 Å². The summed E-state index contributed by atoms with van der Waals surface area (Å²) in [5.41, 5.74) is -2.79. The largest absolute Gasteiger partial charge is 0.548 e. The van der Waals surface area contributed by atoms with Crippen molar-refractivity contribution in [3.63, 3.8) is 0 Å². The molecule has 0 bridgehead atoms. The summed E-state index contributed by atoms with van der Waals surface area (Å²) < 4.78 is 4.82. The van der Waals surface area contributed by atoms with Gasteiger partial charge in [0.05, 0.1) is 12.5 Å². The van der Waals surface area contributed by atoms with E-state index in [1.807, 2.05) is 0 Å². The van der Waals surface area contributed by atoms with Crippen LogP contribution in [-0.4, -0.2) is 39.9 Å². The molecule has 0 saturated carbocycles. The van der Waals surface area contributed by atoms with Gasteiger partial charge in [-0.05, 0) is 20.8 Å². The lowest BCUT2D eigenvalue weighted by atomic mass is 9.96. The van der Waals surface area contributed by atoms with Crippen LogP contribution in [0.1, 0.15) is 20.8 Å². The molecule has 6 nitrogen and oxygen atoms in total. The lowest BCUT2D eigenvalue weighted by Crippen LogP contribution is -2.56. The van der Waals surface area contributed by atoms with E-state index in [0.717, 1.165) is 4.90 Å². The van der Waals surface area contributed by atoms with Crippen LogP contribution in [0.5, 0.6) is 0 Å². The zero-order valence-corrected chi connectivity index (χ0v) is 8.23. The number of aliphatic carboxylic acids is 1. The maximum absolute atomic E-state index is 11.2. The molecule has 0 aromatic heterocycles. The Labute approximate surface area is 81.1 Å². The Morgan fingerprint density at radius 1 is 1.57 bits per heavy atom. The molecule has 1 N–H and O–H groups in total. The number of carbonyl (C=O) groups excluding carboxylic acids is 2.